The van der Waals surface area contributed by atoms with Gasteiger partial charge in [-0.15, -0.1) is 0 Å². The smallest absolute Gasteiger partial charge is 0.231 e. The Morgan fingerprint density at radius 2 is 1.97 bits per heavy atom. The predicted molar refractivity (Wildman–Crippen MR) is 107 cm³/mol. The lowest BCUT2D eigenvalue weighted by Crippen LogP contribution is -2.37. The molecule has 1 saturated heterocycles. The molecular formula is C23H21NO6. The van der Waals surface area contributed by atoms with Crippen LogP contribution in [0, 0.1) is 0 Å². The maximum Gasteiger partial charge on any atom is 0.231 e. The summed E-state index contributed by atoms with van der Waals surface area (Å²) in [7, 11) is 0. The number of ether oxygens (including phenoxy) is 5. The van der Waals surface area contributed by atoms with Crippen molar-refractivity contribution < 1.29 is 28.5 Å². The average Bonchev–Trinajstić information content (AvgIpc) is 3.50. The second-order valence-electron chi connectivity index (χ2n) is 7.89. The van der Waals surface area contributed by atoms with Gasteiger partial charge in [-0.1, -0.05) is 6.07 Å². The lowest BCUT2D eigenvalue weighted by atomic mass is 10.0. The van der Waals surface area contributed by atoms with Gasteiger partial charge in [0.25, 0.3) is 0 Å². The zero-order valence-electron chi connectivity index (χ0n) is 16.4. The molecule has 1 unspecified atom stereocenters. The van der Waals surface area contributed by atoms with Gasteiger partial charge in [-0.05, 0) is 48.7 Å². The van der Waals surface area contributed by atoms with Crippen LogP contribution in [0.15, 0.2) is 36.1 Å². The van der Waals surface area contributed by atoms with Crippen LogP contribution in [0.4, 0.5) is 0 Å². The Morgan fingerprint density at radius 3 is 2.87 bits per heavy atom. The molecule has 4 aliphatic rings. The van der Waals surface area contributed by atoms with Crippen molar-refractivity contribution in [1.82, 2.24) is 4.90 Å². The molecule has 7 heteroatoms. The second-order valence-corrected chi connectivity index (χ2v) is 7.89. The zero-order chi connectivity index (χ0) is 20.1. The van der Waals surface area contributed by atoms with Crippen LogP contribution in [0.1, 0.15) is 34.3 Å². The Kier molecular flexibility index (Phi) is 4.17. The summed E-state index contributed by atoms with van der Waals surface area (Å²) < 4.78 is 28.5. The molecular weight excluding hydrogens is 386 g/mol. The molecule has 0 spiro atoms. The SMILES string of the molecule is O=C1C(=Cc2ccc3c(c2)OCO3)Oc2c1ccc1c2CN(CC2CCCO2)CO1. The van der Waals surface area contributed by atoms with Crippen molar-refractivity contribution in [2.24, 2.45) is 0 Å². The Labute approximate surface area is 173 Å². The molecule has 2 aromatic rings. The number of ketones is 1. The molecule has 0 N–H and O–H groups in total. The van der Waals surface area contributed by atoms with E-state index in [4.69, 9.17) is 23.7 Å². The van der Waals surface area contributed by atoms with Gasteiger partial charge in [-0.25, -0.2) is 0 Å². The molecule has 154 valence electrons. The van der Waals surface area contributed by atoms with Crippen molar-refractivity contribution >= 4 is 11.9 Å². The van der Waals surface area contributed by atoms with Crippen LogP contribution in [0.3, 0.4) is 0 Å². The van der Waals surface area contributed by atoms with Crippen molar-refractivity contribution in [1.29, 1.82) is 0 Å². The van der Waals surface area contributed by atoms with Gasteiger partial charge in [0.2, 0.25) is 12.6 Å². The maximum absolute atomic E-state index is 13.0. The first kappa shape index (κ1) is 17.8. The zero-order valence-corrected chi connectivity index (χ0v) is 16.4. The first-order chi connectivity index (χ1) is 14.7. The van der Waals surface area contributed by atoms with E-state index < -0.39 is 0 Å². The van der Waals surface area contributed by atoms with Crippen molar-refractivity contribution in [2.45, 2.75) is 25.5 Å². The van der Waals surface area contributed by atoms with Gasteiger partial charge in [-0.3, -0.25) is 9.69 Å². The molecule has 7 nitrogen and oxygen atoms in total. The van der Waals surface area contributed by atoms with Crippen LogP contribution in [-0.4, -0.2) is 43.5 Å². The molecule has 1 fully saturated rings. The number of hydrogen-bond donors (Lipinski definition) is 0. The van der Waals surface area contributed by atoms with Gasteiger partial charge in [0, 0.05) is 19.7 Å². The van der Waals surface area contributed by atoms with E-state index in [1.165, 1.54) is 0 Å². The Balaban J connectivity index is 1.27. The minimum absolute atomic E-state index is 0.123. The highest BCUT2D eigenvalue weighted by atomic mass is 16.7. The van der Waals surface area contributed by atoms with Crippen LogP contribution in [0.25, 0.3) is 6.08 Å². The number of carbonyl (C=O) groups excluding carboxylic acids is 1. The van der Waals surface area contributed by atoms with Crippen LogP contribution in [0.5, 0.6) is 23.0 Å². The summed E-state index contributed by atoms with van der Waals surface area (Å²) in [5.74, 6) is 2.92. The fourth-order valence-corrected chi connectivity index (χ4v) is 4.35. The van der Waals surface area contributed by atoms with Crippen LogP contribution in [0.2, 0.25) is 0 Å². The Morgan fingerprint density at radius 1 is 1.07 bits per heavy atom. The van der Waals surface area contributed by atoms with E-state index in [0.29, 0.717) is 41.8 Å². The Bertz CT molecular complexity index is 1060. The molecule has 4 heterocycles. The molecule has 30 heavy (non-hydrogen) atoms. The van der Waals surface area contributed by atoms with Crippen molar-refractivity contribution in [3.8, 4) is 23.0 Å². The normalized spacial score (nSPS) is 23.3. The van der Waals surface area contributed by atoms with E-state index in [1.54, 1.807) is 12.1 Å². The minimum Gasteiger partial charge on any atom is -0.478 e. The summed E-state index contributed by atoms with van der Waals surface area (Å²) in [6, 6.07) is 9.20. The van der Waals surface area contributed by atoms with E-state index in [2.05, 4.69) is 4.90 Å². The highest BCUT2D eigenvalue weighted by molar-refractivity contribution is 6.15. The third kappa shape index (κ3) is 3.02. The summed E-state index contributed by atoms with van der Waals surface area (Å²) in [6.45, 7) is 3.04. The number of rotatable bonds is 3. The lowest BCUT2D eigenvalue weighted by Gasteiger charge is -2.31. The van der Waals surface area contributed by atoms with E-state index >= 15 is 0 Å². The number of Topliss-reactive ketones (excluding diaryl/α,β-unsaturated/α-hetero) is 1. The molecule has 1 atom stereocenters. The number of nitrogens with zero attached hydrogens (tertiary/aromatic N) is 1. The number of allylic oxidation sites excluding steroid dienone is 1. The molecule has 0 radical (unpaired) electrons. The van der Waals surface area contributed by atoms with Crippen molar-refractivity contribution in [3.63, 3.8) is 0 Å². The third-order valence-corrected chi connectivity index (χ3v) is 5.86. The molecule has 6 rings (SSSR count). The third-order valence-electron chi connectivity index (χ3n) is 5.86. The van der Waals surface area contributed by atoms with Crippen LogP contribution < -0.4 is 18.9 Å². The van der Waals surface area contributed by atoms with Crippen molar-refractivity contribution in [3.05, 3.63) is 52.8 Å². The average molecular weight is 407 g/mol. The first-order valence-corrected chi connectivity index (χ1v) is 10.2. The molecule has 0 bridgehead atoms. The summed E-state index contributed by atoms with van der Waals surface area (Å²) in [4.78, 5) is 15.2. The van der Waals surface area contributed by atoms with E-state index in [-0.39, 0.29) is 18.7 Å². The fraction of sp³-hybridized carbons (Fsp3) is 0.348. The highest BCUT2D eigenvalue weighted by Gasteiger charge is 2.34. The second kappa shape index (κ2) is 7.04. The minimum atomic E-state index is -0.123. The molecule has 0 aromatic heterocycles. The van der Waals surface area contributed by atoms with Crippen LogP contribution in [-0.2, 0) is 11.3 Å². The summed E-state index contributed by atoms with van der Waals surface area (Å²) in [5, 5.41) is 0. The summed E-state index contributed by atoms with van der Waals surface area (Å²) in [6.07, 6.45) is 4.17. The topological polar surface area (TPSA) is 66.5 Å². The molecule has 0 aliphatic carbocycles. The quantitative estimate of drug-likeness (QED) is 0.723. The standard InChI is InChI=1S/C23H21NO6/c25-22-16-4-6-18-17(11-24(12-27-18)10-15-2-1-7-26-15)23(16)30-21(22)9-14-3-5-19-20(8-14)29-13-28-19/h3-6,8-9,15H,1-2,7,10-13H2. The molecule has 4 aliphatic heterocycles. The lowest BCUT2D eigenvalue weighted by molar-refractivity contribution is 0.0274. The largest absolute Gasteiger partial charge is 0.478 e. The number of carbonyl (C=O) groups is 1. The Hall–Kier alpha value is -3.03. The van der Waals surface area contributed by atoms with Gasteiger partial charge < -0.3 is 23.7 Å². The number of benzene rings is 2. The predicted octanol–water partition coefficient (Wildman–Crippen LogP) is 3.36. The van der Waals surface area contributed by atoms with Gasteiger partial charge in [0.15, 0.2) is 17.3 Å². The van der Waals surface area contributed by atoms with Crippen molar-refractivity contribution in [2.75, 3.05) is 26.7 Å². The fourth-order valence-electron chi connectivity index (χ4n) is 4.35. The molecule has 2 aromatic carbocycles. The van der Waals surface area contributed by atoms with Gasteiger partial charge >= 0.3 is 0 Å². The van der Waals surface area contributed by atoms with Crippen LogP contribution >= 0.6 is 0 Å². The van der Waals surface area contributed by atoms with E-state index in [1.807, 2.05) is 24.3 Å². The van der Waals surface area contributed by atoms with Gasteiger partial charge in [0.1, 0.15) is 18.2 Å². The summed E-state index contributed by atoms with van der Waals surface area (Å²) in [5.41, 5.74) is 2.31. The number of fused-ring (bicyclic) bond motifs is 4. The van der Waals surface area contributed by atoms with E-state index in [0.717, 1.165) is 42.9 Å². The summed E-state index contributed by atoms with van der Waals surface area (Å²) >= 11 is 0. The van der Waals surface area contributed by atoms with Gasteiger partial charge in [-0.2, -0.15) is 0 Å². The monoisotopic (exact) mass is 407 g/mol. The highest BCUT2D eigenvalue weighted by Crippen LogP contribution is 2.42. The maximum atomic E-state index is 13.0. The van der Waals surface area contributed by atoms with E-state index in [9.17, 15) is 4.79 Å². The van der Waals surface area contributed by atoms with Gasteiger partial charge in [0.05, 0.1) is 17.2 Å². The molecule has 0 amide bonds. The number of hydrogen-bond acceptors (Lipinski definition) is 7. The first-order valence-electron chi connectivity index (χ1n) is 10.2. The molecule has 0 saturated carbocycles.